The van der Waals surface area contributed by atoms with E-state index in [9.17, 15) is 9.59 Å². The highest BCUT2D eigenvalue weighted by atomic mass is 16.5. The average molecular weight is 345 g/mol. The minimum Gasteiger partial charge on any atom is -0.427 e. The van der Waals surface area contributed by atoms with Gasteiger partial charge in [0.05, 0.1) is 10.9 Å². The van der Waals surface area contributed by atoms with Crippen LogP contribution in [0.25, 0.3) is 10.9 Å². The highest BCUT2D eigenvalue weighted by Gasteiger charge is 2.08. The van der Waals surface area contributed by atoms with Crippen LogP contribution in [0.4, 0.5) is 0 Å². The number of unbranched alkanes of at least 4 members (excludes halogenated alkanes) is 8. The first kappa shape index (κ1) is 19.2. The van der Waals surface area contributed by atoms with Gasteiger partial charge in [-0.05, 0) is 24.6 Å². The molecule has 0 saturated heterocycles. The molecule has 0 fully saturated rings. The van der Waals surface area contributed by atoms with Crippen LogP contribution >= 0.6 is 0 Å². The lowest BCUT2D eigenvalue weighted by Gasteiger charge is -2.05. The molecule has 5 nitrogen and oxygen atoms in total. The number of rotatable bonds is 11. The number of hydrogen-bond acceptors (Lipinski definition) is 5. The summed E-state index contributed by atoms with van der Waals surface area (Å²) >= 11 is 0. The molecule has 136 valence electrons. The van der Waals surface area contributed by atoms with Crippen molar-refractivity contribution in [3.63, 3.8) is 0 Å². The van der Waals surface area contributed by atoms with Crippen molar-refractivity contribution in [2.75, 3.05) is 0 Å². The van der Waals surface area contributed by atoms with Crippen LogP contribution in [0.15, 0.2) is 33.8 Å². The van der Waals surface area contributed by atoms with E-state index in [4.69, 9.17) is 9.15 Å². The molecule has 0 atom stereocenters. The maximum atomic E-state index is 11.9. The minimum atomic E-state index is -0.484. The summed E-state index contributed by atoms with van der Waals surface area (Å²) in [5.41, 5.74) is 0.0387. The summed E-state index contributed by atoms with van der Waals surface area (Å²) in [6, 6.07) is 4.79. The maximum absolute atomic E-state index is 11.9. The van der Waals surface area contributed by atoms with Gasteiger partial charge in [0.25, 0.3) is 0 Å². The Hall–Kier alpha value is -2.17. The largest absolute Gasteiger partial charge is 0.427 e. The monoisotopic (exact) mass is 345 g/mol. The Kier molecular flexibility index (Phi) is 8.16. The van der Waals surface area contributed by atoms with Crippen LogP contribution in [0.5, 0.6) is 5.75 Å². The molecule has 1 heterocycles. The van der Waals surface area contributed by atoms with Gasteiger partial charge in [-0.1, -0.05) is 58.3 Å². The molecule has 0 aliphatic rings. The number of aromatic nitrogens is 1. The van der Waals surface area contributed by atoms with Crippen molar-refractivity contribution in [3.8, 4) is 5.75 Å². The fourth-order valence-electron chi connectivity index (χ4n) is 2.81. The fourth-order valence-corrected chi connectivity index (χ4v) is 2.81. The topological polar surface area (TPSA) is 69.4 Å². The van der Waals surface area contributed by atoms with Crippen LogP contribution in [-0.2, 0) is 4.79 Å². The zero-order valence-corrected chi connectivity index (χ0v) is 15.0. The second kappa shape index (κ2) is 10.6. The van der Waals surface area contributed by atoms with Gasteiger partial charge < -0.3 is 9.15 Å². The highest BCUT2D eigenvalue weighted by Crippen LogP contribution is 2.18. The fraction of sp³-hybridized carbons (Fsp3) is 0.550. The van der Waals surface area contributed by atoms with Crippen molar-refractivity contribution in [1.82, 2.24) is 4.98 Å². The minimum absolute atomic E-state index is 0.268. The van der Waals surface area contributed by atoms with Gasteiger partial charge in [-0.15, -0.1) is 0 Å². The van der Waals surface area contributed by atoms with E-state index in [0.717, 1.165) is 19.2 Å². The first-order valence-corrected chi connectivity index (χ1v) is 9.29. The Bertz CT molecular complexity index is 723. The number of nitrogens with zero attached hydrogens (tertiary/aromatic N) is 1. The van der Waals surface area contributed by atoms with Crippen LogP contribution < -0.4 is 10.4 Å². The second-order valence-corrected chi connectivity index (χ2v) is 6.37. The van der Waals surface area contributed by atoms with E-state index in [1.807, 2.05) is 0 Å². The predicted octanol–water partition coefficient (Wildman–Crippen LogP) is 5.01. The molecule has 2 aromatic rings. The van der Waals surface area contributed by atoms with E-state index in [1.54, 1.807) is 12.1 Å². The molecular weight excluding hydrogens is 318 g/mol. The summed E-state index contributed by atoms with van der Waals surface area (Å²) in [4.78, 5) is 27.5. The Morgan fingerprint density at radius 2 is 1.72 bits per heavy atom. The number of esters is 1. The second-order valence-electron chi connectivity index (χ2n) is 6.37. The van der Waals surface area contributed by atoms with Crippen LogP contribution in [0.1, 0.15) is 71.1 Å². The lowest BCUT2D eigenvalue weighted by Crippen LogP contribution is -2.08. The molecule has 0 radical (unpaired) electrons. The lowest BCUT2D eigenvalue weighted by atomic mass is 10.1. The molecule has 5 heteroatoms. The van der Waals surface area contributed by atoms with Gasteiger partial charge in [0, 0.05) is 6.42 Å². The zero-order valence-electron chi connectivity index (χ0n) is 15.0. The number of ether oxygens (including phenoxy) is 1. The van der Waals surface area contributed by atoms with Gasteiger partial charge >= 0.3 is 11.6 Å². The van der Waals surface area contributed by atoms with E-state index in [2.05, 4.69) is 11.9 Å². The van der Waals surface area contributed by atoms with Gasteiger partial charge in [-0.3, -0.25) is 4.79 Å². The Balaban J connectivity index is 1.65. The lowest BCUT2D eigenvalue weighted by molar-refractivity contribution is -0.134. The van der Waals surface area contributed by atoms with E-state index in [-0.39, 0.29) is 5.97 Å². The first-order chi connectivity index (χ1) is 12.2. The molecule has 1 aromatic carbocycles. The van der Waals surface area contributed by atoms with Crippen molar-refractivity contribution in [2.24, 2.45) is 0 Å². The van der Waals surface area contributed by atoms with Crippen LogP contribution in [0.3, 0.4) is 0 Å². The first-order valence-electron chi connectivity index (χ1n) is 9.29. The van der Waals surface area contributed by atoms with Gasteiger partial charge in [-0.2, -0.15) is 0 Å². The predicted molar refractivity (Wildman–Crippen MR) is 97.8 cm³/mol. The molecule has 0 saturated carbocycles. The zero-order chi connectivity index (χ0) is 17.9. The number of carbonyl (C=O) groups is 1. The van der Waals surface area contributed by atoms with E-state index in [0.29, 0.717) is 23.1 Å². The Labute approximate surface area is 148 Å². The Morgan fingerprint density at radius 3 is 2.44 bits per heavy atom. The normalized spacial score (nSPS) is 10.9. The van der Waals surface area contributed by atoms with E-state index in [1.165, 1.54) is 51.0 Å². The van der Waals surface area contributed by atoms with Gasteiger partial charge in [0.1, 0.15) is 5.75 Å². The average Bonchev–Trinajstić information content (AvgIpc) is 2.61. The molecule has 0 spiro atoms. The van der Waals surface area contributed by atoms with Gasteiger partial charge in [-0.25, -0.2) is 9.78 Å². The standard InChI is InChI=1S/C20H27NO4/c1-2-3-4-5-6-7-8-9-10-11-19(22)25-16-12-13-18-17(14-16)20(23)24-15-21-18/h12-15H,2-11H2,1H3. The summed E-state index contributed by atoms with van der Waals surface area (Å²) in [5.74, 6) is 0.0873. The maximum Gasteiger partial charge on any atom is 0.346 e. The summed E-state index contributed by atoms with van der Waals surface area (Å²) in [6.45, 7) is 2.23. The van der Waals surface area contributed by atoms with Crippen LogP contribution in [0, 0.1) is 0 Å². The number of benzene rings is 1. The summed E-state index contributed by atoms with van der Waals surface area (Å²) in [6.07, 6.45) is 12.4. The van der Waals surface area contributed by atoms with Crippen LogP contribution in [-0.4, -0.2) is 11.0 Å². The molecule has 0 N–H and O–H groups in total. The molecule has 0 amide bonds. The molecule has 0 bridgehead atoms. The van der Waals surface area contributed by atoms with Crippen molar-refractivity contribution in [3.05, 3.63) is 35.0 Å². The third-order valence-electron chi connectivity index (χ3n) is 4.26. The SMILES string of the molecule is CCCCCCCCCCCC(=O)Oc1ccc2ncoc(=O)c2c1. The molecule has 0 aliphatic carbocycles. The summed E-state index contributed by atoms with van der Waals surface area (Å²) in [7, 11) is 0. The molecule has 25 heavy (non-hydrogen) atoms. The van der Waals surface area contributed by atoms with Crippen molar-refractivity contribution in [2.45, 2.75) is 71.1 Å². The van der Waals surface area contributed by atoms with Crippen molar-refractivity contribution >= 4 is 16.9 Å². The third-order valence-corrected chi connectivity index (χ3v) is 4.26. The molecule has 0 unspecified atom stereocenters. The summed E-state index contributed by atoms with van der Waals surface area (Å²) in [5, 5.41) is 0.316. The molecule has 1 aromatic heterocycles. The van der Waals surface area contributed by atoms with Crippen LogP contribution in [0.2, 0.25) is 0 Å². The molecule has 2 rings (SSSR count). The molecule has 0 aliphatic heterocycles. The highest BCUT2D eigenvalue weighted by molar-refractivity contribution is 5.80. The van der Waals surface area contributed by atoms with E-state index >= 15 is 0 Å². The quantitative estimate of drug-likeness (QED) is 0.325. The van der Waals surface area contributed by atoms with Crippen molar-refractivity contribution < 1.29 is 13.9 Å². The number of carbonyl (C=O) groups excluding carboxylic acids is 1. The van der Waals surface area contributed by atoms with Gasteiger partial charge in [0.2, 0.25) is 0 Å². The van der Waals surface area contributed by atoms with E-state index < -0.39 is 5.63 Å². The molecular formula is C20H27NO4. The third kappa shape index (κ3) is 6.69. The number of hydrogen-bond donors (Lipinski definition) is 0. The smallest absolute Gasteiger partial charge is 0.346 e. The van der Waals surface area contributed by atoms with Gasteiger partial charge in [0.15, 0.2) is 6.39 Å². The Morgan fingerprint density at radius 1 is 1.04 bits per heavy atom. The number of fused-ring (bicyclic) bond motifs is 1. The van der Waals surface area contributed by atoms with Crippen molar-refractivity contribution in [1.29, 1.82) is 0 Å². The summed E-state index contributed by atoms with van der Waals surface area (Å²) < 4.78 is 10.0.